The normalized spacial score (nSPS) is 11.2. The fraction of sp³-hybridized carbons (Fsp3) is 0.250. The van der Waals surface area contributed by atoms with E-state index in [9.17, 15) is 8.42 Å². The zero-order valence-corrected chi connectivity index (χ0v) is 12.4. The Morgan fingerprint density at radius 3 is 2.10 bits per heavy atom. The maximum Gasteiger partial charge on any atom is 0.232 e. The van der Waals surface area contributed by atoms with E-state index in [1.165, 1.54) is 0 Å². The van der Waals surface area contributed by atoms with Crippen LogP contribution in [0, 0.1) is 0 Å². The number of benzene rings is 2. The molecular formula is C16H19NO2S. The van der Waals surface area contributed by atoms with E-state index in [1.807, 2.05) is 49.4 Å². The molecule has 0 amide bonds. The third-order valence-corrected chi connectivity index (χ3v) is 4.40. The average Bonchev–Trinajstić information content (AvgIpc) is 2.46. The van der Waals surface area contributed by atoms with Crippen LogP contribution in [0.3, 0.4) is 0 Å². The number of hydrogen-bond donors (Lipinski definition) is 1. The predicted molar refractivity (Wildman–Crippen MR) is 84.2 cm³/mol. The van der Waals surface area contributed by atoms with Gasteiger partial charge in [0.1, 0.15) is 0 Å². The van der Waals surface area contributed by atoms with E-state index in [0.717, 1.165) is 17.5 Å². The van der Waals surface area contributed by atoms with Gasteiger partial charge in [-0.2, -0.15) is 0 Å². The quantitative estimate of drug-likeness (QED) is 0.876. The lowest BCUT2D eigenvalue weighted by Gasteiger charge is -2.08. The molecule has 20 heavy (non-hydrogen) atoms. The first kappa shape index (κ1) is 14.6. The Labute approximate surface area is 120 Å². The summed E-state index contributed by atoms with van der Waals surface area (Å²) in [7, 11) is -3.22. The van der Waals surface area contributed by atoms with Crippen molar-refractivity contribution in [2.45, 2.75) is 19.8 Å². The molecule has 0 atom stereocenters. The molecule has 2 rings (SSSR count). The largest absolute Gasteiger partial charge is 0.284 e. The molecule has 4 heteroatoms. The Bertz CT molecular complexity index is 634. The number of rotatable bonds is 6. The molecule has 0 fully saturated rings. The first-order valence-corrected chi connectivity index (χ1v) is 8.42. The number of unbranched alkanes of at least 4 members (excludes halogenated alkanes) is 1. The lowest BCUT2D eigenvalue weighted by atomic mass is 10.1. The highest BCUT2D eigenvalue weighted by atomic mass is 32.2. The lowest BCUT2D eigenvalue weighted by Crippen LogP contribution is -2.16. The van der Waals surface area contributed by atoms with Crippen molar-refractivity contribution in [1.82, 2.24) is 0 Å². The highest BCUT2D eigenvalue weighted by Gasteiger charge is 2.09. The highest BCUT2D eigenvalue weighted by molar-refractivity contribution is 7.92. The van der Waals surface area contributed by atoms with Gasteiger partial charge in [0.25, 0.3) is 0 Å². The van der Waals surface area contributed by atoms with Gasteiger partial charge in [-0.25, -0.2) is 8.42 Å². The molecule has 0 radical (unpaired) electrons. The Morgan fingerprint density at radius 2 is 1.50 bits per heavy atom. The van der Waals surface area contributed by atoms with Crippen LogP contribution in [0.2, 0.25) is 0 Å². The van der Waals surface area contributed by atoms with E-state index in [0.29, 0.717) is 12.1 Å². The molecule has 0 heterocycles. The molecule has 0 saturated carbocycles. The molecule has 0 bridgehead atoms. The molecule has 106 valence electrons. The van der Waals surface area contributed by atoms with Crippen LogP contribution >= 0.6 is 0 Å². The van der Waals surface area contributed by atoms with Gasteiger partial charge < -0.3 is 0 Å². The fourth-order valence-electron chi connectivity index (χ4n) is 1.93. The van der Waals surface area contributed by atoms with E-state index in [4.69, 9.17) is 0 Å². The van der Waals surface area contributed by atoms with Gasteiger partial charge in [-0.3, -0.25) is 4.72 Å². The van der Waals surface area contributed by atoms with Gasteiger partial charge in [0.2, 0.25) is 10.0 Å². The molecule has 0 aliphatic carbocycles. The fourth-order valence-corrected chi connectivity index (χ4v) is 3.19. The summed E-state index contributed by atoms with van der Waals surface area (Å²) >= 11 is 0. The van der Waals surface area contributed by atoms with Crippen molar-refractivity contribution >= 4 is 15.7 Å². The molecule has 3 nitrogen and oxygen atoms in total. The van der Waals surface area contributed by atoms with Gasteiger partial charge >= 0.3 is 0 Å². The number of sulfonamides is 1. The zero-order valence-electron chi connectivity index (χ0n) is 11.5. The maximum atomic E-state index is 11.8. The number of anilines is 1. The van der Waals surface area contributed by atoms with Crippen molar-refractivity contribution in [2.24, 2.45) is 0 Å². The van der Waals surface area contributed by atoms with Crippen LogP contribution in [0.15, 0.2) is 54.6 Å². The third kappa shape index (κ3) is 4.10. The first-order valence-electron chi connectivity index (χ1n) is 6.77. The zero-order chi connectivity index (χ0) is 14.4. The summed E-state index contributed by atoms with van der Waals surface area (Å²) in [4.78, 5) is 0. The lowest BCUT2D eigenvalue weighted by molar-refractivity contribution is 0.598. The summed E-state index contributed by atoms with van der Waals surface area (Å²) in [6.45, 7) is 1.98. The van der Waals surface area contributed by atoms with Crippen molar-refractivity contribution in [1.29, 1.82) is 0 Å². The minimum Gasteiger partial charge on any atom is -0.284 e. The van der Waals surface area contributed by atoms with Crippen LogP contribution < -0.4 is 4.72 Å². The summed E-state index contributed by atoms with van der Waals surface area (Å²) in [5.41, 5.74) is 2.80. The van der Waals surface area contributed by atoms with E-state index in [-0.39, 0.29) is 5.75 Å². The molecule has 0 aliphatic heterocycles. The van der Waals surface area contributed by atoms with Gasteiger partial charge in [0, 0.05) is 5.69 Å². The van der Waals surface area contributed by atoms with Crippen molar-refractivity contribution in [3.63, 3.8) is 0 Å². The molecule has 0 unspecified atom stereocenters. The summed E-state index contributed by atoms with van der Waals surface area (Å²) in [6, 6.07) is 17.4. The van der Waals surface area contributed by atoms with Gasteiger partial charge in [-0.05, 0) is 29.7 Å². The van der Waals surface area contributed by atoms with Crippen molar-refractivity contribution < 1.29 is 8.42 Å². The van der Waals surface area contributed by atoms with Crippen LogP contribution in [-0.4, -0.2) is 14.2 Å². The second-order valence-electron chi connectivity index (χ2n) is 4.72. The monoisotopic (exact) mass is 289 g/mol. The van der Waals surface area contributed by atoms with Gasteiger partial charge in [-0.15, -0.1) is 0 Å². The minimum atomic E-state index is -3.22. The van der Waals surface area contributed by atoms with Crippen LogP contribution in [0.25, 0.3) is 11.1 Å². The standard InChI is InChI=1S/C16H19NO2S/c1-2-3-13-20(18,19)17-16-11-9-15(10-12-16)14-7-5-4-6-8-14/h4-12,17H,2-3,13H2,1H3. The van der Waals surface area contributed by atoms with Crippen molar-refractivity contribution in [3.8, 4) is 11.1 Å². The van der Waals surface area contributed by atoms with Gasteiger partial charge in [0.05, 0.1) is 5.75 Å². The minimum absolute atomic E-state index is 0.171. The summed E-state index contributed by atoms with van der Waals surface area (Å²) in [5, 5.41) is 0. The van der Waals surface area contributed by atoms with E-state index < -0.39 is 10.0 Å². The van der Waals surface area contributed by atoms with E-state index >= 15 is 0 Å². The number of hydrogen-bond acceptors (Lipinski definition) is 2. The van der Waals surface area contributed by atoms with E-state index in [2.05, 4.69) is 4.72 Å². The molecule has 2 aromatic carbocycles. The average molecular weight is 289 g/mol. The highest BCUT2D eigenvalue weighted by Crippen LogP contribution is 2.21. The summed E-state index contributed by atoms with van der Waals surface area (Å²) in [6.07, 6.45) is 1.55. The Hall–Kier alpha value is -1.81. The van der Waals surface area contributed by atoms with Crippen LogP contribution in [0.1, 0.15) is 19.8 Å². The summed E-state index contributed by atoms with van der Waals surface area (Å²) in [5.74, 6) is 0.171. The molecular weight excluding hydrogens is 270 g/mol. The van der Waals surface area contributed by atoms with Crippen LogP contribution in [-0.2, 0) is 10.0 Å². The van der Waals surface area contributed by atoms with Crippen molar-refractivity contribution in [2.75, 3.05) is 10.5 Å². The molecule has 2 aromatic rings. The first-order chi connectivity index (χ1) is 9.61. The van der Waals surface area contributed by atoms with E-state index in [1.54, 1.807) is 12.1 Å². The molecule has 1 N–H and O–H groups in total. The van der Waals surface area contributed by atoms with Crippen LogP contribution in [0.4, 0.5) is 5.69 Å². The second-order valence-corrected chi connectivity index (χ2v) is 6.56. The topological polar surface area (TPSA) is 46.2 Å². The molecule has 0 spiro atoms. The smallest absolute Gasteiger partial charge is 0.232 e. The van der Waals surface area contributed by atoms with Gasteiger partial charge in [-0.1, -0.05) is 55.8 Å². The Morgan fingerprint density at radius 1 is 0.900 bits per heavy atom. The summed E-state index contributed by atoms with van der Waals surface area (Å²) < 4.78 is 26.2. The maximum absolute atomic E-state index is 11.8. The SMILES string of the molecule is CCCCS(=O)(=O)Nc1ccc(-c2ccccc2)cc1. The molecule has 0 saturated heterocycles. The third-order valence-electron chi connectivity index (χ3n) is 3.03. The Balaban J connectivity index is 2.09. The van der Waals surface area contributed by atoms with Crippen LogP contribution in [0.5, 0.6) is 0 Å². The Kier molecular flexibility index (Phi) is 4.79. The predicted octanol–water partition coefficient (Wildman–Crippen LogP) is 3.90. The van der Waals surface area contributed by atoms with Crippen molar-refractivity contribution in [3.05, 3.63) is 54.6 Å². The number of nitrogens with one attached hydrogen (secondary N) is 1. The molecule has 0 aromatic heterocycles. The van der Waals surface area contributed by atoms with Gasteiger partial charge in [0.15, 0.2) is 0 Å². The second kappa shape index (κ2) is 6.57. The molecule has 0 aliphatic rings.